The van der Waals surface area contributed by atoms with Crippen molar-refractivity contribution in [1.29, 1.82) is 0 Å². The second-order valence-electron chi connectivity index (χ2n) is 7.68. The predicted octanol–water partition coefficient (Wildman–Crippen LogP) is 0.508. The lowest BCUT2D eigenvalue weighted by atomic mass is 9.78. The highest BCUT2D eigenvalue weighted by molar-refractivity contribution is 5.97. The van der Waals surface area contributed by atoms with Crippen molar-refractivity contribution in [3.8, 4) is 5.82 Å². The summed E-state index contributed by atoms with van der Waals surface area (Å²) < 4.78 is 1.42. The van der Waals surface area contributed by atoms with Crippen molar-refractivity contribution in [2.75, 3.05) is 26.2 Å². The molecular formula is C18H24N10O. The van der Waals surface area contributed by atoms with E-state index in [0.717, 1.165) is 38.8 Å². The van der Waals surface area contributed by atoms with Gasteiger partial charge in [-0.3, -0.25) is 14.8 Å². The van der Waals surface area contributed by atoms with E-state index in [1.165, 1.54) is 22.4 Å². The SMILES string of the molecule is CCCN1CCc2[nH]cnc2C12CCN(C(=O)c1cn[nH]c1-n1cnnn1)CC2. The number of aromatic nitrogens is 8. The normalized spacial score (nSPS) is 18.9. The molecule has 0 aliphatic carbocycles. The van der Waals surface area contributed by atoms with Crippen molar-refractivity contribution in [3.05, 3.63) is 35.8 Å². The summed E-state index contributed by atoms with van der Waals surface area (Å²) in [5, 5.41) is 18.0. The molecule has 1 fully saturated rings. The van der Waals surface area contributed by atoms with Crippen LogP contribution in [0.15, 0.2) is 18.9 Å². The van der Waals surface area contributed by atoms with Crippen LogP contribution in [0.2, 0.25) is 0 Å². The maximum Gasteiger partial charge on any atom is 0.259 e. The molecule has 152 valence electrons. The number of imidazole rings is 1. The van der Waals surface area contributed by atoms with E-state index in [-0.39, 0.29) is 11.4 Å². The zero-order valence-corrected chi connectivity index (χ0v) is 16.4. The van der Waals surface area contributed by atoms with Crippen molar-refractivity contribution in [2.45, 2.75) is 38.1 Å². The molecule has 0 radical (unpaired) electrons. The molecule has 0 saturated carbocycles. The number of nitrogens with one attached hydrogen (secondary N) is 2. The van der Waals surface area contributed by atoms with Crippen LogP contribution in [-0.4, -0.2) is 82.3 Å². The first kappa shape index (κ1) is 18.0. The summed E-state index contributed by atoms with van der Waals surface area (Å²) in [5.74, 6) is 0.430. The van der Waals surface area contributed by atoms with E-state index in [9.17, 15) is 4.79 Å². The van der Waals surface area contributed by atoms with Crippen molar-refractivity contribution in [1.82, 2.24) is 50.2 Å². The number of likely N-dealkylation sites (tertiary alicyclic amines) is 1. The van der Waals surface area contributed by atoms with Crippen LogP contribution in [0.25, 0.3) is 5.82 Å². The average molecular weight is 396 g/mol. The minimum Gasteiger partial charge on any atom is -0.348 e. The lowest BCUT2D eigenvalue weighted by molar-refractivity contribution is 0.00708. The molecule has 1 saturated heterocycles. The molecule has 2 aliphatic heterocycles. The van der Waals surface area contributed by atoms with E-state index in [0.29, 0.717) is 24.5 Å². The molecule has 2 aliphatic rings. The summed E-state index contributed by atoms with van der Waals surface area (Å²) in [4.78, 5) is 25.7. The first-order chi connectivity index (χ1) is 14.2. The number of rotatable bonds is 4. The fourth-order valence-electron chi connectivity index (χ4n) is 4.80. The maximum absolute atomic E-state index is 13.2. The van der Waals surface area contributed by atoms with E-state index < -0.39 is 0 Å². The molecule has 11 nitrogen and oxygen atoms in total. The molecule has 1 spiro atoms. The predicted molar refractivity (Wildman–Crippen MR) is 102 cm³/mol. The Morgan fingerprint density at radius 1 is 1.28 bits per heavy atom. The largest absolute Gasteiger partial charge is 0.348 e. The Hall–Kier alpha value is -3.08. The second kappa shape index (κ2) is 7.07. The van der Waals surface area contributed by atoms with Crippen molar-refractivity contribution in [3.63, 3.8) is 0 Å². The Labute approximate surface area is 167 Å². The molecule has 5 heterocycles. The number of aromatic amines is 2. The van der Waals surface area contributed by atoms with Gasteiger partial charge in [-0.15, -0.1) is 5.10 Å². The van der Waals surface area contributed by atoms with Gasteiger partial charge in [0.05, 0.1) is 23.8 Å². The lowest BCUT2D eigenvalue weighted by Gasteiger charge is -2.50. The highest BCUT2D eigenvalue weighted by Gasteiger charge is 2.47. The van der Waals surface area contributed by atoms with E-state index in [2.05, 4.69) is 42.5 Å². The van der Waals surface area contributed by atoms with Crippen LogP contribution >= 0.6 is 0 Å². The van der Waals surface area contributed by atoms with Gasteiger partial charge in [0.25, 0.3) is 5.91 Å². The van der Waals surface area contributed by atoms with Crippen molar-refractivity contribution in [2.24, 2.45) is 0 Å². The molecule has 3 aromatic heterocycles. The lowest BCUT2D eigenvalue weighted by Crippen LogP contribution is -2.57. The molecule has 0 unspecified atom stereocenters. The maximum atomic E-state index is 13.2. The number of carbonyl (C=O) groups excluding carboxylic acids is 1. The minimum absolute atomic E-state index is 0.0563. The average Bonchev–Trinajstić information content (AvgIpc) is 3.51. The quantitative estimate of drug-likeness (QED) is 0.658. The third kappa shape index (κ3) is 2.84. The van der Waals surface area contributed by atoms with Gasteiger partial charge in [0.15, 0.2) is 5.82 Å². The molecule has 2 N–H and O–H groups in total. The first-order valence-electron chi connectivity index (χ1n) is 10.1. The summed E-state index contributed by atoms with van der Waals surface area (Å²) in [6.45, 7) is 5.64. The molecule has 0 aromatic carbocycles. The Kier molecular flexibility index (Phi) is 4.38. The van der Waals surface area contributed by atoms with Gasteiger partial charge in [-0.1, -0.05) is 6.92 Å². The smallest absolute Gasteiger partial charge is 0.259 e. The van der Waals surface area contributed by atoms with Crippen LogP contribution < -0.4 is 0 Å². The number of hydrogen-bond acceptors (Lipinski definition) is 7. The highest BCUT2D eigenvalue weighted by Crippen LogP contribution is 2.42. The first-order valence-corrected chi connectivity index (χ1v) is 10.1. The minimum atomic E-state index is -0.0879. The number of fused-ring (bicyclic) bond motifs is 2. The summed E-state index contributed by atoms with van der Waals surface area (Å²) in [6.07, 6.45) is 8.64. The Bertz CT molecular complexity index is 982. The van der Waals surface area contributed by atoms with Gasteiger partial charge in [0, 0.05) is 31.7 Å². The zero-order valence-electron chi connectivity index (χ0n) is 16.4. The topological polar surface area (TPSA) is 125 Å². The van der Waals surface area contributed by atoms with Crippen LogP contribution in [0.3, 0.4) is 0 Å². The molecular weight excluding hydrogens is 372 g/mol. The van der Waals surface area contributed by atoms with Crippen LogP contribution in [0.1, 0.15) is 47.9 Å². The van der Waals surface area contributed by atoms with E-state index in [1.54, 1.807) is 6.20 Å². The fraction of sp³-hybridized carbons (Fsp3) is 0.556. The Morgan fingerprint density at radius 3 is 2.90 bits per heavy atom. The van der Waals surface area contributed by atoms with Crippen molar-refractivity contribution < 1.29 is 4.79 Å². The van der Waals surface area contributed by atoms with Crippen LogP contribution in [0.4, 0.5) is 0 Å². The molecule has 29 heavy (non-hydrogen) atoms. The van der Waals surface area contributed by atoms with Gasteiger partial charge >= 0.3 is 0 Å². The van der Waals surface area contributed by atoms with Gasteiger partial charge in [0.2, 0.25) is 0 Å². The van der Waals surface area contributed by atoms with Gasteiger partial charge in [-0.2, -0.15) is 9.78 Å². The number of hydrogen-bond donors (Lipinski definition) is 2. The van der Waals surface area contributed by atoms with Crippen LogP contribution in [0, 0.1) is 0 Å². The number of tetrazole rings is 1. The number of H-pyrrole nitrogens is 2. The zero-order chi connectivity index (χ0) is 19.8. The fourth-order valence-corrected chi connectivity index (χ4v) is 4.80. The molecule has 3 aromatic rings. The monoisotopic (exact) mass is 396 g/mol. The summed E-state index contributed by atoms with van der Waals surface area (Å²) in [5.41, 5.74) is 2.80. The van der Waals surface area contributed by atoms with E-state index >= 15 is 0 Å². The van der Waals surface area contributed by atoms with E-state index in [1.807, 2.05) is 11.2 Å². The number of piperidine rings is 1. The summed E-state index contributed by atoms with van der Waals surface area (Å²) >= 11 is 0. The molecule has 0 bridgehead atoms. The van der Waals surface area contributed by atoms with Crippen LogP contribution in [-0.2, 0) is 12.0 Å². The summed E-state index contributed by atoms with van der Waals surface area (Å²) in [6, 6.07) is 0. The molecule has 5 rings (SSSR count). The Morgan fingerprint density at radius 2 is 2.14 bits per heavy atom. The van der Waals surface area contributed by atoms with Gasteiger partial charge in [-0.25, -0.2) is 4.98 Å². The van der Waals surface area contributed by atoms with Crippen molar-refractivity contribution >= 4 is 5.91 Å². The standard InChI is InChI=1S/C18H24N10O/c1-2-6-27-7-3-14-15(20-11-19-14)18(27)4-8-26(9-5-18)17(29)13-10-21-23-16(13)28-12-22-24-25-28/h10-12H,2-9H2,1H3,(H,19,20)(H,21,23). The third-order valence-corrected chi connectivity index (χ3v) is 6.20. The van der Waals surface area contributed by atoms with E-state index in [4.69, 9.17) is 4.98 Å². The highest BCUT2D eigenvalue weighted by atomic mass is 16.2. The van der Waals surface area contributed by atoms with Crippen LogP contribution in [0.5, 0.6) is 0 Å². The second-order valence-corrected chi connectivity index (χ2v) is 7.68. The Balaban J connectivity index is 1.38. The third-order valence-electron chi connectivity index (χ3n) is 6.20. The molecule has 0 atom stereocenters. The molecule has 1 amide bonds. The number of nitrogens with zero attached hydrogens (tertiary/aromatic N) is 8. The number of carbonyl (C=O) groups is 1. The van der Waals surface area contributed by atoms with Gasteiger partial charge in [-0.05, 0) is 36.2 Å². The number of amides is 1. The van der Waals surface area contributed by atoms with Gasteiger partial charge in [0.1, 0.15) is 11.9 Å². The summed E-state index contributed by atoms with van der Waals surface area (Å²) in [7, 11) is 0. The van der Waals surface area contributed by atoms with Gasteiger partial charge < -0.3 is 9.88 Å². The molecule has 11 heteroatoms.